The molecule has 0 aliphatic heterocycles. The van der Waals surface area contributed by atoms with Gasteiger partial charge < -0.3 is 18.9 Å². The minimum atomic E-state index is -0.539. The van der Waals surface area contributed by atoms with Gasteiger partial charge >= 0.3 is 23.9 Å². The first-order valence-corrected chi connectivity index (χ1v) is 19.5. The molecule has 0 aromatic heterocycles. The maximum atomic E-state index is 13.2. The molecule has 0 radical (unpaired) electrons. The summed E-state index contributed by atoms with van der Waals surface area (Å²) in [5.74, 6) is 0.624. The molecule has 2 aliphatic carbocycles. The van der Waals surface area contributed by atoms with Crippen LogP contribution >= 0.6 is 15.9 Å². The molecular formula is C44H49BrO8. The van der Waals surface area contributed by atoms with Crippen molar-refractivity contribution < 1.29 is 38.1 Å². The van der Waals surface area contributed by atoms with E-state index in [0.717, 1.165) is 77.0 Å². The van der Waals surface area contributed by atoms with Gasteiger partial charge in [-0.3, -0.25) is 0 Å². The van der Waals surface area contributed by atoms with Crippen molar-refractivity contribution >= 4 is 39.8 Å². The van der Waals surface area contributed by atoms with Crippen molar-refractivity contribution in [3.8, 4) is 11.5 Å². The number of esters is 4. The first kappa shape index (κ1) is 39.7. The van der Waals surface area contributed by atoms with Crippen LogP contribution in [-0.2, 0) is 19.1 Å². The lowest BCUT2D eigenvalue weighted by atomic mass is 9.77. The summed E-state index contributed by atoms with van der Waals surface area (Å²) < 4.78 is 22.4. The molecular weight excluding hydrogens is 736 g/mol. The molecule has 8 nitrogen and oxygen atoms in total. The van der Waals surface area contributed by atoms with E-state index in [1.807, 2.05) is 24.3 Å². The monoisotopic (exact) mass is 784 g/mol. The number of carbonyl (C=O) groups excluding carboxylic acids is 4. The van der Waals surface area contributed by atoms with Crippen LogP contribution in [-0.4, -0.2) is 37.1 Å². The third-order valence-electron chi connectivity index (χ3n) is 10.6. The minimum absolute atomic E-state index is 0.145. The molecule has 0 bridgehead atoms. The van der Waals surface area contributed by atoms with Crippen LogP contribution in [0, 0.1) is 11.8 Å². The van der Waals surface area contributed by atoms with Crippen LogP contribution in [0.1, 0.15) is 121 Å². The molecule has 2 saturated carbocycles. The number of ether oxygens (including phenoxy) is 4. The fourth-order valence-corrected chi connectivity index (χ4v) is 7.86. The number of carbonyl (C=O) groups is 4. The Morgan fingerprint density at radius 1 is 0.585 bits per heavy atom. The zero-order chi connectivity index (χ0) is 37.6. The molecule has 5 rings (SSSR count). The van der Waals surface area contributed by atoms with Gasteiger partial charge in [-0.1, -0.05) is 53.4 Å². The van der Waals surface area contributed by atoms with Gasteiger partial charge in [0.15, 0.2) is 11.5 Å². The van der Waals surface area contributed by atoms with E-state index in [9.17, 15) is 19.2 Å². The summed E-state index contributed by atoms with van der Waals surface area (Å²) >= 11 is 3.43. The third kappa shape index (κ3) is 12.0. The average Bonchev–Trinajstić information content (AvgIpc) is 3.19. The van der Waals surface area contributed by atoms with Crippen molar-refractivity contribution in [2.24, 2.45) is 11.8 Å². The van der Waals surface area contributed by atoms with Crippen LogP contribution in [0.3, 0.4) is 0 Å². The normalized spacial score (nSPS) is 19.7. The standard InChI is InChI=1S/C44H49BrO8/c1-3-41(46)50-27-5-7-30-9-13-32(14-10-30)34-17-21-36(22-18-34)43(48)52-39-26-25-38(45)29-40(39)53-44(49)37-23-19-35(20-24-37)33-15-11-31(12-16-33)8-6-28-51-42(47)4-2/h3-4,17-26,29-33H,1-2,5-16,27-28H2/t30-,31-,32-,33-. The van der Waals surface area contributed by atoms with Gasteiger partial charge in [0.2, 0.25) is 0 Å². The zero-order valence-corrected chi connectivity index (χ0v) is 31.9. The largest absolute Gasteiger partial charge is 0.463 e. The highest BCUT2D eigenvalue weighted by Crippen LogP contribution is 2.39. The molecule has 0 unspecified atom stereocenters. The van der Waals surface area contributed by atoms with Gasteiger partial charge in [-0.15, -0.1) is 0 Å². The van der Waals surface area contributed by atoms with Crippen molar-refractivity contribution in [1.29, 1.82) is 0 Å². The molecule has 0 N–H and O–H groups in total. The maximum Gasteiger partial charge on any atom is 0.343 e. The molecule has 280 valence electrons. The van der Waals surface area contributed by atoms with E-state index in [2.05, 4.69) is 29.1 Å². The van der Waals surface area contributed by atoms with E-state index in [1.165, 1.54) is 23.3 Å². The van der Waals surface area contributed by atoms with Crippen molar-refractivity contribution in [3.63, 3.8) is 0 Å². The Morgan fingerprint density at radius 3 is 1.42 bits per heavy atom. The molecule has 2 aliphatic rings. The smallest absolute Gasteiger partial charge is 0.343 e. The molecule has 0 amide bonds. The second kappa shape index (κ2) is 20.1. The summed E-state index contributed by atoms with van der Waals surface area (Å²) in [5.41, 5.74) is 3.23. The second-order valence-electron chi connectivity index (χ2n) is 14.1. The summed E-state index contributed by atoms with van der Waals surface area (Å²) in [4.78, 5) is 48.9. The van der Waals surface area contributed by atoms with Crippen LogP contribution in [0.2, 0.25) is 0 Å². The Kier molecular flexibility index (Phi) is 15.0. The molecule has 3 aromatic rings. The summed E-state index contributed by atoms with van der Waals surface area (Å²) in [6, 6.07) is 20.1. The van der Waals surface area contributed by atoms with Crippen LogP contribution in [0.25, 0.3) is 0 Å². The molecule has 2 fully saturated rings. The van der Waals surface area contributed by atoms with E-state index in [4.69, 9.17) is 18.9 Å². The number of hydrogen-bond donors (Lipinski definition) is 0. The molecule has 0 heterocycles. The highest BCUT2D eigenvalue weighted by atomic mass is 79.9. The first-order valence-electron chi connectivity index (χ1n) is 18.7. The van der Waals surface area contributed by atoms with Crippen molar-refractivity contribution in [1.82, 2.24) is 0 Å². The molecule has 53 heavy (non-hydrogen) atoms. The minimum Gasteiger partial charge on any atom is -0.463 e. The Morgan fingerprint density at radius 2 is 1.00 bits per heavy atom. The number of halogens is 1. The lowest BCUT2D eigenvalue weighted by Crippen LogP contribution is -2.15. The van der Waals surface area contributed by atoms with Gasteiger partial charge in [-0.2, -0.15) is 0 Å². The maximum absolute atomic E-state index is 13.2. The number of rotatable bonds is 16. The summed E-state index contributed by atoms with van der Waals surface area (Å²) in [5, 5.41) is 0. The Balaban J connectivity index is 1.09. The molecule has 0 saturated heterocycles. The molecule has 9 heteroatoms. The fraction of sp³-hybridized carbons (Fsp3) is 0.409. The SMILES string of the molecule is C=CC(=O)OCCC[C@H]1CC[C@H](c2ccc(C(=O)Oc3ccc(Br)cc3OC(=O)c3ccc([C@H]4CC[C@H](CCCOC(=O)C=C)CC4)cc3)cc2)CC1. The van der Waals surface area contributed by atoms with Gasteiger partial charge in [0.25, 0.3) is 0 Å². The Labute approximate surface area is 321 Å². The number of hydrogen-bond acceptors (Lipinski definition) is 8. The van der Waals surface area contributed by atoms with E-state index in [0.29, 0.717) is 52.5 Å². The van der Waals surface area contributed by atoms with Crippen molar-refractivity contribution in [2.45, 2.75) is 88.9 Å². The van der Waals surface area contributed by atoms with Gasteiger partial charge in [0.05, 0.1) is 24.3 Å². The Hall–Kier alpha value is -4.50. The molecule has 3 aromatic carbocycles. The third-order valence-corrected chi connectivity index (χ3v) is 11.1. The van der Waals surface area contributed by atoms with E-state index >= 15 is 0 Å². The molecule has 0 spiro atoms. The highest BCUT2D eigenvalue weighted by molar-refractivity contribution is 9.10. The predicted molar refractivity (Wildman–Crippen MR) is 207 cm³/mol. The van der Waals surface area contributed by atoms with Gasteiger partial charge in [0.1, 0.15) is 0 Å². The lowest BCUT2D eigenvalue weighted by Gasteiger charge is -2.29. The first-order chi connectivity index (χ1) is 25.7. The topological polar surface area (TPSA) is 105 Å². The second-order valence-corrected chi connectivity index (χ2v) is 15.0. The summed E-state index contributed by atoms with van der Waals surface area (Å²) in [6.07, 6.45) is 15.0. The van der Waals surface area contributed by atoms with Crippen LogP contribution < -0.4 is 9.47 Å². The van der Waals surface area contributed by atoms with Crippen LogP contribution in [0.15, 0.2) is 96.5 Å². The van der Waals surface area contributed by atoms with Gasteiger partial charge in [-0.05, 0) is 154 Å². The summed E-state index contributed by atoms with van der Waals surface area (Å²) in [6.45, 7) is 7.72. The highest BCUT2D eigenvalue weighted by Gasteiger charge is 2.25. The van der Waals surface area contributed by atoms with E-state index < -0.39 is 11.9 Å². The summed E-state index contributed by atoms with van der Waals surface area (Å²) in [7, 11) is 0. The van der Waals surface area contributed by atoms with Crippen molar-refractivity contribution in [2.75, 3.05) is 13.2 Å². The Bertz CT molecular complexity index is 1710. The predicted octanol–water partition coefficient (Wildman–Crippen LogP) is 10.5. The van der Waals surface area contributed by atoms with E-state index in [1.54, 1.807) is 42.5 Å². The van der Waals surface area contributed by atoms with Gasteiger partial charge in [0, 0.05) is 16.6 Å². The molecule has 0 atom stereocenters. The van der Waals surface area contributed by atoms with Crippen LogP contribution in [0.4, 0.5) is 0 Å². The quantitative estimate of drug-likeness (QED) is 0.0612. The lowest BCUT2D eigenvalue weighted by molar-refractivity contribution is -0.138. The van der Waals surface area contributed by atoms with Crippen LogP contribution in [0.5, 0.6) is 11.5 Å². The zero-order valence-electron chi connectivity index (χ0n) is 30.3. The van der Waals surface area contributed by atoms with Gasteiger partial charge in [-0.25, -0.2) is 19.2 Å². The van der Waals surface area contributed by atoms with Crippen molar-refractivity contribution in [3.05, 3.63) is 119 Å². The average molecular weight is 786 g/mol. The number of benzene rings is 3. The fourth-order valence-electron chi connectivity index (χ4n) is 7.52. The van der Waals surface area contributed by atoms with E-state index in [-0.39, 0.29) is 23.4 Å².